The van der Waals surface area contributed by atoms with Crippen molar-refractivity contribution in [1.29, 1.82) is 0 Å². The number of alkyl halides is 3. The highest BCUT2D eigenvalue weighted by Gasteiger charge is 2.42. The molecule has 29 heavy (non-hydrogen) atoms. The molecule has 0 heterocycles. The summed E-state index contributed by atoms with van der Waals surface area (Å²) in [6, 6.07) is 8.57. The van der Waals surface area contributed by atoms with Crippen molar-refractivity contribution in [2.45, 2.75) is 37.0 Å². The van der Waals surface area contributed by atoms with Crippen LogP contribution in [0.5, 0.6) is 0 Å². The molecule has 0 amide bonds. The number of halogens is 3. The third-order valence-electron chi connectivity index (χ3n) is 4.24. The van der Waals surface area contributed by atoms with Crippen LogP contribution in [0.4, 0.5) is 13.2 Å². The highest BCUT2D eigenvalue weighted by Crippen LogP contribution is 2.34. The van der Waals surface area contributed by atoms with E-state index >= 15 is 0 Å². The summed E-state index contributed by atoms with van der Waals surface area (Å²) in [6.07, 6.45) is -3.52. The van der Waals surface area contributed by atoms with Crippen LogP contribution in [-0.4, -0.2) is 39.5 Å². The summed E-state index contributed by atoms with van der Waals surface area (Å²) in [6.45, 7) is 2.97. The Labute approximate surface area is 167 Å². The first-order chi connectivity index (χ1) is 13.4. The van der Waals surface area contributed by atoms with Crippen LogP contribution in [0.3, 0.4) is 0 Å². The summed E-state index contributed by atoms with van der Waals surface area (Å²) in [7, 11) is -3.33. The Hall–Kier alpha value is -2.39. The van der Waals surface area contributed by atoms with Gasteiger partial charge in [-0.3, -0.25) is 10.1 Å². The Bertz CT molecular complexity index is 939. The molecule has 0 aliphatic rings. The van der Waals surface area contributed by atoms with Crippen LogP contribution in [0.2, 0.25) is 0 Å². The molecule has 0 aliphatic carbocycles. The average Bonchev–Trinajstić information content (AvgIpc) is 2.65. The molecule has 5 nitrogen and oxygen atoms in total. The van der Waals surface area contributed by atoms with E-state index in [4.69, 9.17) is 4.74 Å². The van der Waals surface area contributed by atoms with E-state index < -0.39 is 34.1 Å². The van der Waals surface area contributed by atoms with Crippen LogP contribution >= 0.6 is 0 Å². The fourth-order valence-corrected chi connectivity index (χ4v) is 3.36. The number of ether oxygens (including phenoxy) is 1. The van der Waals surface area contributed by atoms with Gasteiger partial charge >= 0.3 is 12.1 Å². The first kappa shape index (κ1) is 22.9. The Morgan fingerprint density at radius 1 is 1.03 bits per heavy atom. The van der Waals surface area contributed by atoms with E-state index in [2.05, 4.69) is 5.32 Å². The van der Waals surface area contributed by atoms with Gasteiger partial charge in [-0.05, 0) is 42.7 Å². The van der Waals surface area contributed by atoms with E-state index in [1.807, 2.05) is 0 Å². The summed E-state index contributed by atoms with van der Waals surface area (Å²) < 4.78 is 68.4. The molecule has 2 aromatic rings. The molecule has 0 radical (unpaired) electrons. The molecule has 2 atom stereocenters. The Balaban J connectivity index is 2.26. The fraction of sp³-hybridized carbons (Fsp3) is 0.350. The molecule has 2 rings (SSSR count). The lowest BCUT2D eigenvalue weighted by atomic mass is 10.00. The second kappa shape index (κ2) is 8.96. The first-order valence-electron chi connectivity index (χ1n) is 8.83. The lowest BCUT2D eigenvalue weighted by molar-refractivity contribution is -0.164. The SMILES string of the molecule is CCOC(=O)C(C)NC(c1ccc(-c2ccc(S(C)(=O)=O)cc2)cc1)C(F)(F)F. The zero-order valence-corrected chi connectivity index (χ0v) is 17.0. The van der Waals surface area contributed by atoms with E-state index in [0.717, 1.165) is 6.26 Å². The second-order valence-corrected chi connectivity index (χ2v) is 8.55. The van der Waals surface area contributed by atoms with Crippen LogP contribution in [-0.2, 0) is 19.4 Å². The summed E-state index contributed by atoms with van der Waals surface area (Å²) in [5.74, 6) is -0.760. The molecule has 0 saturated heterocycles. The molecular formula is C20H22F3NO4S. The molecule has 2 unspecified atom stereocenters. The minimum Gasteiger partial charge on any atom is -0.465 e. The topological polar surface area (TPSA) is 72.5 Å². The minimum absolute atomic E-state index is 0.0508. The Morgan fingerprint density at radius 2 is 1.52 bits per heavy atom. The molecule has 0 saturated carbocycles. The van der Waals surface area contributed by atoms with Gasteiger partial charge in [0.1, 0.15) is 12.1 Å². The van der Waals surface area contributed by atoms with Crippen molar-refractivity contribution in [3.63, 3.8) is 0 Å². The van der Waals surface area contributed by atoms with Crippen molar-refractivity contribution in [2.75, 3.05) is 12.9 Å². The number of sulfone groups is 1. The molecule has 0 spiro atoms. The Morgan fingerprint density at radius 3 is 1.93 bits per heavy atom. The smallest absolute Gasteiger partial charge is 0.407 e. The van der Waals surface area contributed by atoms with Crippen LogP contribution in [0.15, 0.2) is 53.4 Å². The van der Waals surface area contributed by atoms with Crippen LogP contribution in [0, 0.1) is 0 Å². The van der Waals surface area contributed by atoms with Crippen molar-refractivity contribution in [1.82, 2.24) is 5.32 Å². The number of hydrogen-bond donors (Lipinski definition) is 1. The van der Waals surface area contributed by atoms with E-state index in [9.17, 15) is 26.4 Å². The van der Waals surface area contributed by atoms with Gasteiger partial charge in [-0.15, -0.1) is 0 Å². The average molecular weight is 429 g/mol. The van der Waals surface area contributed by atoms with Gasteiger partial charge in [0.2, 0.25) is 0 Å². The van der Waals surface area contributed by atoms with Crippen LogP contribution < -0.4 is 5.32 Å². The third-order valence-corrected chi connectivity index (χ3v) is 5.37. The van der Waals surface area contributed by atoms with Gasteiger partial charge in [-0.2, -0.15) is 13.2 Å². The highest BCUT2D eigenvalue weighted by atomic mass is 32.2. The second-order valence-electron chi connectivity index (χ2n) is 6.53. The number of carbonyl (C=O) groups excluding carboxylic acids is 1. The van der Waals surface area contributed by atoms with Gasteiger partial charge in [0.15, 0.2) is 9.84 Å². The summed E-state index contributed by atoms with van der Waals surface area (Å²) in [5, 5.41) is 2.27. The monoisotopic (exact) mass is 429 g/mol. The normalized spacial score (nSPS) is 14.3. The summed E-state index contributed by atoms with van der Waals surface area (Å²) in [4.78, 5) is 11.8. The van der Waals surface area contributed by atoms with E-state index in [0.29, 0.717) is 11.1 Å². The minimum atomic E-state index is -4.61. The number of hydrogen-bond acceptors (Lipinski definition) is 5. The van der Waals surface area contributed by atoms with Gasteiger partial charge < -0.3 is 4.74 Å². The molecule has 2 aromatic carbocycles. The molecule has 158 valence electrons. The molecule has 0 aromatic heterocycles. The van der Waals surface area contributed by atoms with E-state index in [1.54, 1.807) is 19.1 Å². The van der Waals surface area contributed by atoms with Crippen molar-refractivity contribution in [3.8, 4) is 11.1 Å². The Kier molecular flexibility index (Phi) is 7.07. The molecular weight excluding hydrogens is 407 g/mol. The maximum absolute atomic E-state index is 13.5. The van der Waals surface area contributed by atoms with Gasteiger partial charge in [0.25, 0.3) is 0 Å². The highest BCUT2D eigenvalue weighted by molar-refractivity contribution is 7.90. The predicted molar refractivity (Wildman–Crippen MR) is 103 cm³/mol. The first-order valence-corrected chi connectivity index (χ1v) is 10.7. The zero-order chi connectivity index (χ0) is 21.8. The summed E-state index contributed by atoms with van der Waals surface area (Å²) in [5.41, 5.74) is 1.25. The quantitative estimate of drug-likeness (QED) is 0.676. The molecule has 9 heteroatoms. The van der Waals surface area contributed by atoms with Crippen molar-refractivity contribution < 1.29 is 31.1 Å². The lowest BCUT2D eigenvalue weighted by Gasteiger charge is -2.25. The maximum Gasteiger partial charge on any atom is 0.407 e. The molecule has 0 fully saturated rings. The van der Waals surface area contributed by atoms with Crippen LogP contribution in [0.1, 0.15) is 25.5 Å². The molecule has 0 aliphatic heterocycles. The zero-order valence-electron chi connectivity index (χ0n) is 16.2. The summed E-state index contributed by atoms with van der Waals surface area (Å²) >= 11 is 0. The number of carbonyl (C=O) groups is 1. The molecule has 1 N–H and O–H groups in total. The molecule has 0 bridgehead atoms. The van der Waals surface area contributed by atoms with Gasteiger partial charge in [0.05, 0.1) is 11.5 Å². The van der Waals surface area contributed by atoms with Gasteiger partial charge in [0, 0.05) is 6.26 Å². The number of rotatable bonds is 7. The van der Waals surface area contributed by atoms with Crippen molar-refractivity contribution in [3.05, 3.63) is 54.1 Å². The third kappa shape index (κ3) is 6.04. The van der Waals surface area contributed by atoms with Crippen molar-refractivity contribution >= 4 is 15.8 Å². The van der Waals surface area contributed by atoms with Gasteiger partial charge in [-0.1, -0.05) is 36.4 Å². The van der Waals surface area contributed by atoms with Crippen LogP contribution in [0.25, 0.3) is 11.1 Å². The van der Waals surface area contributed by atoms with Gasteiger partial charge in [-0.25, -0.2) is 8.42 Å². The number of benzene rings is 2. The largest absolute Gasteiger partial charge is 0.465 e. The predicted octanol–water partition coefficient (Wildman–Crippen LogP) is 3.90. The van der Waals surface area contributed by atoms with E-state index in [1.165, 1.54) is 43.3 Å². The van der Waals surface area contributed by atoms with Crippen molar-refractivity contribution in [2.24, 2.45) is 0 Å². The lowest BCUT2D eigenvalue weighted by Crippen LogP contribution is -2.43. The maximum atomic E-state index is 13.5. The standard InChI is InChI=1S/C20H22F3NO4S/c1-4-28-19(25)13(2)24-18(20(21,22)23)16-7-5-14(6-8-16)15-9-11-17(12-10-15)29(3,26)27/h5-13,18,24H,4H2,1-3H3. The fourth-order valence-electron chi connectivity index (χ4n) is 2.73. The number of esters is 1. The number of nitrogens with one attached hydrogen (secondary N) is 1. The van der Waals surface area contributed by atoms with E-state index in [-0.39, 0.29) is 17.1 Å².